The normalized spacial score (nSPS) is 15.8. The first-order valence-corrected chi connectivity index (χ1v) is 5.50. The van der Waals surface area contributed by atoms with Gasteiger partial charge in [-0.2, -0.15) is 0 Å². The molecule has 0 unspecified atom stereocenters. The Balaban J connectivity index is 1.81. The maximum atomic E-state index is 11.1. The van der Waals surface area contributed by atoms with Crippen LogP contribution in [0.15, 0.2) is 18.3 Å². The zero-order chi connectivity index (χ0) is 11.5. The van der Waals surface area contributed by atoms with E-state index >= 15 is 0 Å². The summed E-state index contributed by atoms with van der Waals surface area (Å²) in [5.41, 5.74) is 1.15. The van der Waals surface area contributed by atoms with Crippen LogP contribution in [0.4, 0.5) is 4.79 Å². The van der Waals surface area contributed by atoms with Gasteiger partial charge in [-0.1, -0.05) is 17.7 Å². The van der Waals surface area contributed by atoms with E-state index in [1.54, 1.807) is 17.2 Å². The van der Waals surface area contributed by atoms with Gasteiger partial charge < -0.3 is 9.64 Å². The zero-order valence-electron chi connectivity index (χ0n) is 9.02. The molecule has 4 nitrogen and oxygen atoms in total. The van der Waals surface area contributed by atoms with E-state index in [0.29, 0.717) is 11.1 Å². The van der Waals surface area contributed by atoms with Crippen molar-refractivity contribution in [3.05, 3.63) is 29.0 Å². The molecule has 0 saturated carbocycles. The van der Waals surface area contributed by atoms with E-state index in [1.807, 2.05) is 6.07 Å². The fraction of sp³-hybridized carbons (Fsp3) is 0.455. The molecule has 0 aromatic carbocycles. The van der Waals surface area contributed by atoms with Crippen molar-refractivity contribution >= 4 is 17.7 Å². The number of halogens is 1. The largest absolute Gasteiger partial charge is 0.453 e. The van der Waals surface area contributed by atoms with E-state index in [0.717, 1.165) is 25.1 Å². The highest BCUT2D eigenvalue weighted by Crippen LogP contribution is 2.21. The molecule has 1 saturated heterocycles. The van der Waals surface area contributed by atoms with Gasteiger partial charge in [0, 0.05) is 19.3 Å². The molecule has 1 aromatic rings. The number of carbonyl (C=O) groups excluding carboxylic acids is 1. The van der Waals surface area contributed by atoms with Crippen LogP contribution in [0.2, 0.25) is 5.15 Å². The van der Waals surface area contributed by atoms with Gasteiger partial charge in [0.05, 0.1) is 7.11 Å². The number of hydrogen-bond acceptors (Lipinski definition) is 3. The molecule has 2 heterocycles. The molecule has 0 radical (unpaired) electrons. The van der Waals surface area contributed by atoms with Gasteiger partial charge in [-0.15, -0.1) is 0 Å². The van der Waals surface area contributed by atoms with Gasteiger partial charge in [-0.25, -0.2) is 9.78 Å². The van der Waals surface area contributed by atoms with Gasteiger partial charge in [0.2, 0.25) is 0 Å². The van der Waals surface area contributed by atoms with E-state index < -0.39 is 0 Å². The first kappa shape index (κ1) is 11.2. The number of pyridine rings is 1. The summed E-state index contributed by atoms with van der Waals surface area (Å²) in [6.45, 7) is 1.52. The molecule has 1 aliphatic heterocycles. The van der Waals surface area contributed by atoms with E-state index in [4.69, 9.17) is 11.6 Å². The zero-order valence-corrected chi connectivity index (χ0v) is 9.78. The Morgan fingerprint density at radius 2 is 2.38 bits per heavy atom. The highest BCUT2D eigenvalue weighted by atomic mass is 35.5. The molecule has 1 aliphatic rings. The number of nitrogens with zero attached hydrogens (tertiary/aromatic N) is 2. The lowest BCUT2D eigenvalue weighted by molar-refractivity contribution is 0.0677. The second-order valence-electron chi connectivity index (χ2n) is 3.93. The highest BCUT2D eigenvalue weighted by Gasteiger charge is 2.31. The smallest absolute Gasteiger partial charge is 0.409 e. The fourth-order valence-corrected chi connectivity index (χ4v) is 1.95. The third-order valence-corrected chi connectivity index (χ3v) is 2.93. The summed E-state index contributed by atoms with van der Waals surface area (Å²) in [4.78, 5) is 16.8. The van der Waals surface area contributed by atoms with Crippen LogP contribution in [-0.4, -0.2) is 36.2 Å². The maximum absolute atomic E-state index is 11.1. The number of ether oxygens (including phenoxy) is 1. The van der Waals surface area contributed by atoms with Gasteiger partial charge in [0.1, 0.15) is 5.15 Å². The highest BCUT2D eigenvalue weighted by molar-refractivity contribution is 6.29. The second kappa shape index (κ2) is 4.70. The minimum Gasteiger partial charge on any atom is -0.453 e. The summed E-state index contributed by atoms with van der Waals surface area (Å²) in [6.07, 6.45) is 2.46. The van der Waals surface area contributed by atoms with Gasteiger partial charge in [0.15, 0.2) is 0 Å². The van der Waals surface area contributed by atoms with Crippen molar-refractivity contribution in [2.24, 2.45) is 5.92 Å². The number of likely N-dealkylation sites (tertiary alicyclic amines) is 1. The first-order valence-electron chi connectivity index (χ1n) is 5.12. The molecule has 16 heavy (non-hydrogen) atoms. The van der Waals surface area contributed by atoms with E-state index in [9.17, 15) is 4.79 Å². The average Bonchev–Trinajstić information content (AvgIpc) is 2.24. The topological polar surface area (TPSA) is 42.4 Å². The summed E-state index contributed by atoms with van der Waals surface area (Å²) in [7, 11) is 1.40. The summed E-state index contributed by atoms with van der Waals surface area (Å²) < 4.78 is 4.63. The number of carbonyl (C=O) groups is 1. The van der Waals surface area contributed by atoms with Crippen LogP contribution in [0.1, 0.15) is 5.56 Å². The Labute approximate surface area is 99.2 Å². The maximum Gasteiger partial charge on any atom is 0.409 e. The number of rotatable bonds is 2. The molecule has 0 aliphatic carbocycles. The number of hydrogen-bond donors (Lipinski definition) is 0. The molecule has 86 valence electrons. The number of aromatic nitrogens is 1. The molecule has 5 heteroatoms. The van der Waals surface area contributed by atoms with E-state index in [1.165, 1.54) is 7.11 Å². The van der Waals surface area contributed by atoms with Crippen LogP contribution >= 0.6 is 11.6 Å². The Morgan fingerprint density at radius 3 is 2.94 bits per heavy atom. The van der Waals surface area contributed by atoms with Crippen LogP contribution < -0.4 is 0 Å². The molecule has 0 atom stereocenters. The van der Waals surface area contributed by atoms with Crippen molar-refractivity contribution < 1.29 is 9.53 Å². The lowest BCUT2D eigenvalue weighted by atomic mass is 9.93. The fourth-order valence-electron chi connectivity index (χ4n) is 1.84. The number of methoxy groups -OCH3 is 1. The third kappa shape index (κ3) is 2.44. The van der Waals surface area contributed by atoms with Crippen LogP contribution in [0.25, 0.3) is 0 Å². The van der Waals surface area contributed by atoms with Crippen molar-refractivity contribution in [1.29, 1.82) is 0 Å². The van der Waals surface area contributed by atoms with Crippen molar-refractivity contribution in [2.75, 3.05) is 20.2 Å². The van der Waals surface area contributed by atoms with Crippen molar-refractivity contribution in [3.63, 3.8) is 0 Å². The predicted octanol–water partition coefficient (Wildman–Crippen LogP) is 1.98. The van der Waals surface area contributed by atoms with Crippen LogP contribution in [0.3, 0.4) is 0 Å². The molecule has 1 aromatic heterocycles. The molecule has 1 fully saturated rings. The quantitative estimate of drug-likeness (QED) is 0.743. The SMILES string of the molecule is COC(=O)N1CC(Cc2ccc(Cl)nc2)C1. The summed E-state index contributed by atoms with van der Waals surface area (Å²) in [6, 6.07) is 3.75. The lowest BCUT2D eigenvalue weighted by Gasteiger charge is -2.38. The minimum absolute atomic E-state index is 0.245. The Bertz CT molecular complexity index is 374. The Hall–Kier alpha value is -1.29. The molecular formula is C11H13ClN2O2. The van der Waals surface area contributed by atoms with Gasteiger partial charge in [0.25, 0.3) is 0 Å². The monoisotopic (exact) mass is 240 g/mol. The summed E-state index contributed by atoms with van der Waals surface area (Å²) in [5, 5.41) is 0.508. The molecule has 0 bridgehead atoms. The Kier molecular flexibility index (Phi) is 3.29. The van der Waals surface area contributed by atoms with Gasteiger partial charge >= 0.3 is 6.09 Å². The van der Waals surface area contributed by atoms with E-state index in [2.05, 4.69) is 9.72 Å². The molecule has 2 rings (SSSR count). The van der Waals surface area contributed by atoms with Gasteiger partial charge in [-0.05, 0) is 24.0 Å². The molecule has 0 N–H and O–H groups in total. The summed E-state index contributed by atoms with van der Waals surface area (Å²) >= 11 is 5.70. The van der Waals surface area contributed by atoms with Crippen molar-refractivity contribution in [1.82, 2.24) is 9.88 Å². The molecule has 1 amide bonds. The first-order chi connectivity index (χ1) is 7.69. The third-order valence-electron chi connectivity index (χ3n) is 2.70. The predicted molar refractivity (Wildman–Crippen MR) is 60.4 cm³/mol. The van der Waals surface area contributed by atoms with Crippen molar-refractivity contribution in [3.8, 4) is 0 Å². The molecule has 0 spiro atoms. The standard InChI is InChI=1S/C11H13ClN2O2/c1-16-11(15)14-6-9(7-14)4-8-2-3-10(12)13-5-8/h2-3,5,9H,4,6-7H2,1H3. The average molecular weight is 241 g/mol. The van der Waals surface area contributed by atoms with Crippen LogP contribution in [0, 0.1) is 5.92 Å². The summed E-state index contributed by atoms with van der Waals surface area (Å²) in [5.74, 6) is 0.502. The van der Waals surface area contributed by atoms with Crippen molar-refractivity contribution in [2.45, 2.75) is 6.42 Å². The van der Waals surface area contributed by atoms with Crippen LogP contribution in [-0.2, 0) is 11.2 Å². The van der Waals surface area contributed by atoms with Crippen LogP contribution in [0.5, 0.6) is 0 Å². The molecular weight excluding hydrogens is 228 g/mol. The lowest BCUT2D eigenvalue weighted by Crippen LogP contribution is -2.50. The number of amides is 1. The minimum atomic E-state index is -0.245. The second-order valence-corrected chi connectivity index (χ2v) is 4.32. The van der Waals surface area contributed by atoms with Gasteiger partial charge in [-0.3, -0.25) is 0 Å². The van der Waals surface area contributed by atoms with E-state index in [-0.39, 0.29) is 6.09 Å². The Morgan fingerprint density at radius 1 is 1.62 bits per heavy atom.